The van der Waals surface area contributed by atoms with Gasteiger partial charge in [-0.2, -0.15) is 4.31 Å². The molecular formula is C27H26ClN3O4S. The summed E-state index contributed by atoms with van der Waals surface area (Å²) >= 11 is 5.94. The number of rotatable bonds is 5. The molecule has 186 valence electrons. The Balaban J connectivity index is 1.37. The number of hydrogen-bond donors (Lipinski definition) is 1. The first-order valence-corrected chi connectivity index (χ1v) is 13.6. The fourth-order valence-electron chi connectivity index (χ4n) is 5.06. The van der Waals surface area contributed by atoms with Gasteiger partial charge in [-0.1, -0.05) is 29.8 Å². The predicted octanol–water partition coefficient (Wildman–Crippen LogP) is 4.44. The number of sulfonamides is 1. The summed E-state index contributed by atoms with van der Waals surface area (Å²) in [6, 6.07) is 17.4. The molecule has 0 spiro atoms. The van der Waals surface area contributed by atoms with Crippen LogP contribution in [0.2, 0.25) is 5.02 Å². The highest BCUT2D eigenvalue weighted by Gasteiger charge is 2.39. The van der Waals surface area contributed by atoms with Crippen LogP contribution in [-0.4, -0.2) is 36.3 Å². The molecule has 3 aromatic rings. The predicted molar refractivity (Wildman–Crippen MR) is 141 cm³/mol. The molecule has 0 saturated carbocycles. The molecule has 9 heteroatoms. The molecule has 2 aromatic carbocycles. The Bertz CT molecular complexity index is 1500. The normalized spacial score (nSPS) is 19.7. The highest BCUT2D eigenvalue weighted by Crippen LogP contribution is 2.37. The second-order valence-electron chi connectivity index (χ2n) is 9.34. The monoisotopic (exact) mass is 523 g/mol. The van der Waals surface area contributed by atoms with Crippen LogP contribution in [0.25, 0.3) is 12.2 Å². The van der Waals surface area contributed by atoms with Gasteiger partial charge in [-0.15, -0.1) is 0 Å². The fourth-order valence-corrected chi connectivity index (χ4v) is 6.75. The molecule has 5 rings (SSSR count). The number of piperidine rings is 1. The lowest BCUT2D eigenvalue weighted by molar-refractivity contribution is -0.114. The van der Waals surface area contributed by atoms with Crippen LogP contribution in [0, 0.1) is 5.92 Å². The van der Waals surface area contributed by atoms with Crippen molar-refractivity contribution in [3.05, 3.63) is 92.9 Å². The Labute approximate surface area is 215 Å². The first kappa shape index (κ1) is 24.5. The molecule has 1 saturated heterocycles. The minimum Gasteiger partial charge on any atom is -0.326 e. The van der Waals surface area contributed by atoms with Crippen LogP contribution in [0.5, 0.6) is 0 Å². The van der Waals surface area contributed by atoms with E-state index in [4.69, 9.17) is 11.6 Å². The van der Waals surface area contributed by atoms with Gasteiger partial charge in [0.1, 0.15) is 0 Å². The number of benzene rings is 2. The van der Waals surface area contributed by atoms with Gasteiger partial charge < -0.3 is 9.88 Å². The van der Waals surface area contributed by atoms with Crippen molar-refractivity contribution in [3.8, 4) is 0 Å². The summed E-state index contributed by atoms with van der Waals surface area (Å²) in [4.78, 5) is 24.7. The van der Waals surface area contributed by atoms with Gasteiger partial charge in [0.2, 0.25) is 15.9 Å². The van der Waals surface area contributed by atoms with E-state index in [0.717, 1.165) is 17.7 Å². The number of amides is 1. The van der Waals surface area contributed by atoms with Crippen molar-refractivity contribution in [1.29, 1.82) is 0 Å². The van der Waals surface area contributed by atoms with E-state index in [0.29, 0.717) is 35.9 Å². The average Bonchev–Trinajstić information content (AvgIpc) is 2.85. The number of anilines is 1. The molecule has 3 heterocycles. The number of fused-ring (bicyclic) bond motifs is 4. The van der Waals surface area contributed by atoms with Gasteiger partial charge in [0.25, 0.3) is 5.56 Å². The van der Waals surface area contributed by atoms with Crippen LogP contribution >= 0.6 is 11.6 Å². The van der Waals surface area contributed by atoms with Crippen LogP contribution in [0.15, 0.2) is 70.4 Å². The molecule has 7 nitrogen and oxygen atoms in total. The first-order valence-electron chi connectivity index (χ1n) is 11.8. The Morgan fingerprint density at radius 2 is 1.69 bits per heavy atom. The quantitative estimate of drug-likeness (QED) is 0.535. The van der Waals surface area contributed by atoms with Crippen molar-refractivity contribution < 1.29 is 13.2 Å². The SMILES string of the molecule is CC(=O)Nc1ccc(S(=O)(=O)N2C[C@H]3C[C@H](C2)c2ccc(C=Cc4ccc(Cl)cc4)c(=O)n2C3)cc1. The van der Waals surface area contributed by atoms with Crippen LogP contribution in [0.1, 0.15) is 36.1 Å². The molecule has 2 aliphatic heterocycles. The van der Waals surface area contributed by atoms with E-state index in [-0.39, 0.29) is 28.2 Å². The van der Waals surface area contributed by atoms with E-state index in [1.165, 1.54) is 23.4 Å². The van der Waals surface area contributed by atoms with Crippen molar-refractivity contribution >= 4 is 45.4 Å². The van der Waals surface area contributed by atoms with Gasteiger partial charge >= 0.3 is 0 Å². The van der Waals surface area contributed by atoms with Gasteiger partial charge in [0, 0.05) is 54.4 Å². The lowest BCUT2D eigenvalue weighted by Crippen LogP contribution is -2.49. The third-order valence-electron chi connectivity index (χ3n) is 6.74. The largest absolute Gasteiger partial charge is 0.326 e. The van der Waals surface area contributed by atoms with E-state index < -0.39 is 10.0 Å². The highest BCUT2D eigenvalue weighted by molar-refractivity contribution is 7.89. The molecule has 1 amide bonds. The molecular weight excluding hydrogens is 498 g/mol. The van der Waals surface area contributed by atoms with Gasteiger partial charge in [0.15, 0.2) is 0 Å². The fraction of sp³-hybridized carbons (Fsp3) is 0.259. The molecule has 0 unspecified atom stereocenters. The Morgan fingerprint density at radius 3 is 2.39 bits per heavy atom. The number of carbonyl (C=O) groups excluding carboxylic acids is 1. The minimum atomic E-state index is -3.70. The molecule has 0 aliphatic carbocycles. The van der Waals surface area contributed by atoms with Crippen molar-refractivity contribution in [3.63, 3.8) is 0 Å². The summed E-state index contributed by atoms with van der Waals surface area (Å²) in [6.45, 7) is 2.58. The molecule has 1 aromatic heterocycles. The zero-order chi connectivity index (χ0) is 25.4. The summed E-state index contributed by atoms with van der Waals surface area (Å²) in [5.41, 5.74) is 2.91. The maximum absolute atomic E-state index is 13.4. The first-order chi connectivity index (χ1) is 17.2. The van der Waals surface area contributed by atoms with Crippen LogP contribution in [0.4, 0.5) is 5.69 Å². The second-order valence-corrected chi connectivity index (χ2v) is 11.7. The van der Waals surface area contributed by atoms with Crippen LogP contribution in [-0.2, 0) is 21.4 Å². The molecule has 0 radical (unpaired) electrons. The van der Waals surface area contributed by atoms with Crippen molar-refractivity contribution in [2.24, 2.45) is 5.92 Å². The lowest BCUT2D eigenvalue weighted by Gasteiger charge is -2.42. The Morgan fingerprint density at radius 1 is 0.972 bits per heavy atom. The number of halogens is 1. The number of pyridine rings is 1. The third kappa shape index (κ3) is 4.89. The standard InChI is InChI=1S/C27H26ClN3O4S/c1-18(32)29-24-9-11-25(12-10-24)36(34,35)30-15-20-14-22(17-30)26-13-6-21(27(33)31(26)16-20)5-2-19-3-7-23(28)8-4-19/h2-13,20,22H,14-17H2,1H3,(H,29,32)/t20-,22-/m1/s1. The molecule has 36 heavy (non-hydrogen) atoms. The summed E-state index contributed by atoms with van der Waals surface area (Å²) < 4.78 is 30.1. The number of aromatic nitrogens is 1. The van der Waals surface area contributed by atoms with Crippen molar-refractivity contribution in [1.82, 2.24) is 8.87 Å². The van der Waals surface area contributed by atoms with Gasteiger partial charge in [-0.25, -0.2) is 8.42 Å². The maximum Gasteiger partial charge on any atom is 0.258 e. The number of hydrogen-bond acceptors (Lipinski definition) is 4. The van der Waals surface area contributed by atoms with Crippen molar-refractivity contribution in [2.45, 2.75) is 30.7 Å². The van der Waals surface area contributed by atoms with Crippen LogP contribution in [0.3, 0.4) is 0 Å². The van der Waals surface area contributed by atoms with E-state index in [1.54, 1.807) is 24.3 Å². The minimum absolute atomic E-state index is 0.0482. The molecule has 2 aliphatic rings. The summed E-state index contributed by atoms with van der Waals surface area (Å²) in [5.74, 6) is -0.210. The molecule has 2 bridgehead atoms. The van der Waals surface area contributed by atoms with Gasteiger partial charge in [0.05, 0.1) is 4.90 Å². The molecule has 1 N–H and O–H groups in total. The van der Waals surface area contributed by atoms with E-state index in [9.17, 15) is 18.0 Å². The van der Waals surface area contributed by atoms with Gasteiger partial charge in [-0.3, -0.25) is 9.59 Å². The number of carbonyl (C=O) groups is 1. The van der Waals surface area contributed by atoms with Gasteiger partial charge in [-0.05, 0) is 72.5 Å². The summed E-state index contributed by atoms with van der Waals surface area (Å²) in [6.07, 6.45) is 4.55. The number of nitrogens with one attached hydrogen (secondary N) is 1. The Hall–Kier alpha value is -3.20. The zero-order valence-corrected chi connectivity index (χ0v) is 21.3. The van der Waals surface area contributed by atoms with E-state index in [2.05, 4.69) is 5.32 Å². The Kier molecular flexibility index (Phi) is 6.59. The smallest absolute Gasteiger partial charge is 0.258 e. The zero-order valence-electron chi connectivity index (χ0n) is 19.7. The topological polar surface area (TPSA) is 88.5 Å². The molecule has 2 atom stereocenters. The average molecular weight is 524 g/mol. The van der Waals surface area contributed by atoms with E-state index in [1.807, 2.05) is 41.0 Å². The number of nitrogens with zero attached hydrogens (tertiary/aromatic N) is 2. The maximum atomic E-state index is 13.4. The molecule has 1 fully saturated rings. The van der Waals surface area contributed by atoms with Crippen molar-refractivity contribution in [2.75, 3.05) is 18.4 Å². The summed E-state index contributed by atoms with van der Waals surface area (Å²) in [7, 11) is -3.70. The third-order valence-corrected chi connectivity index (χ3v) is 8.84. The van der Waals surface area contributed by atoms with Crippen LogP contribution < -0.4 is 10.9 Å². The highest BCUT2D eigenvalue weighted by atomic mass is 35.5. The lowest BCUT2D eigenvalue weighted by atomic mass is 9.84. The summed E-state index contributed by atoms with van der Waals surface area (Å²) in [5, 5.41) is 3.30. The second kappa shape index (κ2) is 9.69. The van der Waals surface area contributed by atoms with E-state index >= 15 is 0 Å².